The van der Waals surface area contributed by atoms with Gasteiger partial charge >= 0.3 is 0 Å². The van der Waals surface area contributed by atoms with Gasteiger partial charge in [-0.3, -0.25) is 19.8 Å². The summed E-state index contributed by atoms with van der Waals surface area (Å²) in [6, 6.07) is 14.0. The second kappa shape index (κ2) is 7.90. The number of thiocarbonyl (C=S) groups is 1. The normalized spacial score (nSPS) is 15.6. The summed E-state index contributed by atoms with van der Waals surface area (Å²) in [5.41, 5.74) is 3.01. The van der Waals surface area contributed by atoms with Crippen molar-refractivity contribution in [3.63, 3.8) is 0 Å². The molecule has 29 heavy (non-hydrogen) atoms. The lowest BCUT2D eigenvalue weighted by molar-refractivity contribution is -0.122. The molecule has 142 valence electrons. The highest BCUT2D eigenvalue weighted by Gasteiger charge is 2.34. The van der Waals surface area contributed by atoms with Crippen LogP contribution in [-0.4, -0.2) is 26.9 Å². The molecule has 2 heterocycles. The fourth-order valence-electron chi connectivity index (χ4n) is 2.87. The number of hydrogen-bond donors (Lipinski definition) is 1. The number of hydrogen-bond acceptors (Lipinski definition) is 5. The molecule has 3 aromatic rings. The van der Waals surface area contributed by atoms with E-state index in [4.69, 9.17) is 23.8 Å². The van der Waals surface area contributed by atoms with Gasteiger partial charge in [-0.15, -0.1) is 0 Å². The number of anilines is 1. The third-order valence-electron chi connectivity index (χ3n) is 4.30. The van der Waals surface area contributed by atoms with E-state index in [1.165, 1.54) is 17.3 Å². The zero-order chi connectivity index (χ0) is 20.4. The van der Waals surface area contributed by atoms with Crippen molar-refractivity contribution in [3.8, 4) is 11.1 Å². The lowest BCUT2D eigenvalue weighted by Gasteiger charge is -2.28. The fourth-order valence-corrected chi connectivity index (χ4v) is 3.28. The van der Waals surface area contributed by atoms with Crippen LogP contribution in [0, 0.1) is 0 Å². The van der Waals surface area contributed by atoms with Gasteiger partial charge in [0.1, 0.15) is 11.9 Å². The van der Waals surface area contributed by atoms with Gasteiger partial charge in [-0.05, 0) is 53.7 Å². The van der Waals surface area contributed by atoms with E-state index in [0.717, 1.165) is 11.1 Å². The molecule has 1 aliphatic heterocycles. The number of nitrogens with zero attached hydrogens (tertiary/aromatic N) is 3. The Hall–Kier alpha value is -3.42. The van der Waals surface area contributed by atoms with Crippen molar-refractivity contribution in [1.82, 2.24) is 15.3 Å². The van der Waals surface area contributed by atoms with E-state index >= 15 is 0 Å². The number of carbonyl (C=O) groups is 2. The number of rotatable bonds is 3. The quantitative estimate of drug-likeness (QED) is 0.398. The number of benzene rings is 2. The monoisotopic (exact) mass is 420 g/mol. The Bertz CT molecular complexity index is 1130. The summed E-state index contributed by atoms with van der Waals surface area (Å²) >= 11 is 11.1. The first-order valence-corrected chi connectivity index (χ1v) is 9.34. The van der Waals surface area contributed by atoms with E-state index < -0.39 is 11.8 Å². The van der Waals surface area contributed by atoms with Gasteiger partial charge in [-0.1, -0.05) is 35.9 Å². The minimum atomic E-state index is -0.536. The molecule has 6 nitrogen and oxygen atoms in total. The molecule has 0 atom stereocenters. The average molecular weight is 421 g/mol. The summed E-state index contributed by atoms with van der Waals surface area (Å²) in [6.45, 7) is 0. The maximum absolute atomic E-state index is 13.0. The average Bonchev–Trinajstić information content (AvgIpc) is 2.73. The van der Waals surface area contributed by atoms with Gasteiger partial charge in [0.25, 0.3) is 11.8 Å². The molecule has 1 aromatic heterocycles. The van der Waals surface area contributed by atoms with Crippen LogP contribution in [0.2, 0.25) is 5.02 Å². The minimum Gasteiger partial charge on any atom is -0.298 e. The first kappa shape index (κ1) is 18.9. The molecule has 1 fully saturated rings. The Morgan fingerprint density at radius 3 is 2.24 bits per heavy atom. The maximum Gasteiger partial charge on any atom is 0.270 e. The van der Waals surface area contributed by atoms with Gasteiger partial charge in [-0.2, -0.15) is 0 Å². The molecule has 8 heteroatoms. The molecule has 1 saturated heterocycles. The summed E-state index contributed by atoms with van der Waals surface area (Å²) in [5.74, 6) is -1.03. The van der Waals surface area contributed by atoms with Crippen LogP contribution in [-0.2, 0) is 9.59 Å². The summed E-state index contributed by atoms with van der Waals surface area (Å²) in [7, 11) is 0. The van der Waals surface area contributed by atoms with Gasteiger partial charge in [0.2, 0.25) is 0 Å². The van der Waals surface area contributed by atoms with Crippen molar-refractivity contribution in [1.29, 1.82) is 0 Å². The zero-order valence-electron chi connectivity index (χ0n) is 14.9. The molecule has 0 bridgehead atoms. The van der Waals surface area contributed by atoms with Crippen molar-refractivity contribution in [3.05, 3.63) is 83.4 Å². The molecule has 4 rings (SSSR count). The van der Waals surface area contributed by atoms with Gasteiger partial charge in [0.05, 0.1) is 5.69 Å². The molecule has 0 spiro atoms. The van der Waals surface area contributed by atoms with E-state index in [1.807, 2.05) is 24.3 Å². The summed E-state index contributed by atoms with van der Waals surface area (Å²) < 4.78 is 0. The van der Waals surface area contributed by atoms with Crippen LogP contribution >= 0.6 is 23.8 Å². The Kier molecular flexibility index (Phi) is 5.16. The Morgan fingerprint density at radius 1 is 0.931 bits per heavy atom. The van der Waals surface area contributed by atoms with E-state index in [-0.39, 0.29) is 10.7 Å². The number of nitrogens with one attached hydrogen (secondary N) is 1. The van der Waals surface area contributed by atoms with Crippen molar-refractivity contribution in [2.75, 3.05) is 4.90 Å². The van der Waals surface area contributed by atoms with Crippen LogP contribution in [0.4, 0.5) is 5.69 Å². The van der Waals surface area contributed by atoms with Crippen LogP contribution in [0.5, 0.6) is 0 Å². The second-order valence-corrected chi connectivity index (χ2v) is 7.01. The molecule has 0 saturated carbocycles. The molecule has 0 unspecified atom stereocenters. The first-order chi connectivity index (χ1) is 14.0. The van der Waals surface area contributed by atoms with Crippen molar-refractivity contribution < 1.29 is 9.59 Å². The predicted octanol–water partition coefficient (Wildman–Crippen LogP) is 3.63. The largest absolute Gasteiger partial charge is 0.298 e. The number of aromatic nitrogens is 2. The Labute approximate surface area is 176 Å². The van der Waals surface area contributed by atoms with Crippen molar-refractivity contribution in [2.24, 2.45) is 0 Å². The van der Waals surface area contributed by atoms with Crippen LogP contribution in [0.25, 0.3) is 17.2 Å². The predicted molar refractivity (Wildman–Crippen MR) is 115 cm³/mol. The fraction of sp³-hybridized carbons (Fsp3) is 0. The minimum absolute atomic E-state index is 0.00987. The van der Waals surface area contributed by atoms with Crippen LogP contribution in [0.1, 0.15) is 5.56 Å². The molecule has 1 N–H and O–H groups in total. The third-order valence-corrected chi connectivity index (χ3v) is 4.84. The van der Waals surface area contributed by atoms with Gasteiger partial charge in [-0.25, -0.2) is 9.97 Å². The second-order valence-electron chi connectivity index (χ2n) is 6.18. The maximum atomic E-state index is 13.0. The molecular weight excluding hydrogens is 408 g/mol. The van der Waals surface area contributed by atoms with Crippen LogP contribution in [0.3, 0.4) is 0 Å². The van der Waals surface area contributed by atoms with E-state index in [9.17, 15) is 9.59 Å². The number of carbonyl (C=O) groups excluding carboxylic acids is 2. The SMILES string of the molecule is O=C1NC(=S)N(c2ccc(Cl)cc2)C(=O)C1=Cc1ccc(-c2cncnc2)cc1. The van der Waals surface area contributed by atoms with Crippen molar-refractivity contribution >= 4 is 52.5 Å². The molecule has 2 aromatic carbocycles. The molecule has 1 aliphatic rings. The van der Waals surface area contributed by atoms with Crippen molar-refractivity contribution in [2.45, 2.75) is 0 Å². The molecule has 0 radical (unpaired) electrons. The summed E-state index contributed by atoms with van der Waals surface area (Å²) in [6.07, 6.45) is 6.42. The highest BCUT2D eigenvalue weighted by molar-refractivity contribution is 7.80. The molecule has 2 amide bonds. The number of halogens is 1. The van der Waals surface area contributed by atoms with Crippen LogP contribution < -0.4 is 10.2 Å². The van der Waals surface area contributed by atoms with Gasteiger partial charge in [0.15, 0.2) is 5.11 Å². The summed E-state index contributed by atoms with van der Waals surface area (Å²) in [5, 5.41) is 3.12. The smallest absolute Gasteiger partial charge is 0.270 e. The lowest BCUT2D eigenvalue weighted by Crippen LogP contribution is -2.54. The van der Waals surface area contributed by atoms with E-state index in [2.05, 4.69) is 15.3 Å². The Balaban J connectivity index is 1.65. The van der Waals surface area contributed by atoms with Gasteiger partial charge in [0, 0.05) is 23.0 Å². The highest BCUT2D eigenvalue weighted by Crippen LogP contribution is 2.24. The highest BCUT2D eigenvalue weighted by atomic mass is 35.5. The lowest BCUT2D eigenvalue weighted by atomic mass is 10.0. The third kappa shape index (κ3) is 3.91. The molecular formula is C21H13ClN4O2S. The van der Waals surface area contributed by atoms with Crippen LogP contribution in [0.15, 0.2) is 72.8 Å². The Morgan fingerprint density at radius 2 is 1.59 bits per heavy atom. The van der Waals surface area contributed by atoms with E-state index in [0.29, 0.717) is 16.3 Å². The zero-order valence-corrected chi connectivity index (χ0v) is 16.4. The standard InChI is InChI=1S/C21H13ClN4O2S/c22-16-5-7-17(8-6-16)26-20(28)18(19(27)25-21(26)29)9-13-1-3-14(4-2-13)15-10-23-12-24-11-15/h1-12H,(H,25,27,29). The number of amides is 2. The summed E-state index contributed by atoms with van der Waals surface area (Å²) in [4.78, 5) is 34.6. The topological polar surface area (TPSA) is 75.2 Å². The van der Waals surface area contributed by atoms with Gasteiger partial charge < -0.3 is 0 Å². The van der Waals surface area contributed by atoms with E-state index in [1.54, 1.807) is 36.7 Å². The molecule has 0 aliphatic carbocycles. The first-order valence-electron chi connectivity index (χ1n) is 8.55.